The van der Waals surface area contributed by atoms with Gasteiger partial charge in [-0.15, -0.1) is 0 Å². The lowest BCUT2D eigenvalue weighted by atomic mass is 10.0. The van der Waals surface area contributed by atoms with Crippen molar-refractivity contribution in [2.24, 2.45) is 0 Å². The fourth-order valence-electron chi connectivity index (χ4n) is 3.30. The average molecular weight is 399 g/mol. The van der Waals surface area contributed by atoms with E-state index >= 15 is 0 Å². The number of para-hydroxylation sites is 1. The van der Waals surface area contributed by atoms with Gasteiger partial charge in [-0.3, -0.25) is 9.59 Å². The van der Waals surface area contributed by atoms with Crippen molar-refractivity contribution in [2.75, 3.05) is 18.6 Å². The van der Waals surface area contributed by atoms with E-state index in [4.69, 9.17) is 4.74 Å². The third-order valence-electron chi connectivity index (χ3n) is 4.48. The molecule has 1 aliphatic heterocycles. The molecule has 1 N–H and O–H groups in total. The lowest BCUT2D eigenvalue weighted by Gasteiger charge is -2.21. The Morgan fingerprint density at radius 2 is 2.08 bits per heavy atom. The van der Waals surface area contributed by atoms with E-state index in [1.807, 2.05) is 42.5 Å². The molecule has 4 rings (SSSR count). The predicted octanol–water partition coefficient (Wildman–Crippen LogP) is 3.66. The number of hydrogen-bond donors (Lipinski definition) is 1. The number of ether oxygens (including phenoxy) is 1. The highest BCUT2D eigenvalue weighted by Crippen LogP contribution is 2.40. The number of esters is 1. The number of hydrogen-bond acceptors (Lipinski definition) is 3. The first-order valence-electron chi connectivity index (χ1n) is 7.85. The number of aromatic amines is 1. The fraction of sp³-hybridized carbons (Fsp3) is 0.158. The van der Waals surface area contributed by atoms with Gasteiger partial charge in [0, 0.05) is 20.9 Å². The van der Waals surface area contributed by atoms with Crippen molar-refractivity contribution < 1.29 is 14.3 Å². The van der Waals surface area contributed by atoms with Crippen molar-refractivity contribution in [3.8, 4) is 11.3 Å². The number of carbonyl (C=O) groups excluding carboxylic acids is 2. The molecule has 0 spiro atoms. The van der Waals surface area contributed by atoms with Gasteiger partial charge in [0.2, 0.25) is 5.91 Å². The average Bonchev–Trinajstić information content (AvgIpc) is 2.91. The molecule has 2 heterocycles. The standard InChI is InChI=1S/C19H15BrN2O3/c1-25-18(24)10-22-16-5-3-2-4-12(16)19-14(9-17(22)23)13-8-11(20)6-7-15(13)21-19/h2-8,21H,9-10H2,1H3. The van der Waals surface area contributed by atoms with Gasteiger partial charge in [-0.1, -0.05) is 34.1 Å². The maximum Gasteiger partial charge on any atom is 0.325 e. The number of anilines is 1. The molecule has 0 radical (unpaired) electrons. The predicted molar refractivity (Wildman–Crippen MR) is 99.5 cm³/mol. The summed E-state index contributed by atoms with van der Waals surface area (Å²) >= 11 is 3.49. The molecule has 0 fully saturated rings. The number of amides is 1. The summed E-state index contributed by atoms with van der Waals surface area (Å²) in [5.41, 5.74) is 4.46. The SMILES string of the molecule is COC(=O)CN1C(=O)Cc2c([nH]c3ccc(Br)cc23)-c2ccccc21. The van der Waals surface area contributed by atoms with E-state index in [0.29, 0.717) is 5.69 Å². The van der Waals surface area contributed by atoms with E-state index in [1.165, 1.54) is 12.0 Å². The van der Waals surface area contributed by atoms with Gasteiger partial charge in [0.15, 0.2) is 0 Å². The number of fused-ring (bicyclic) bond motifs is 5. The summed E-state index contributed by atoms with van der Waals surface area (Å²) in [4.78, 5) is 29.6. The van der Waals surface area contributed by atoms with Gasteiger partial charge in [-0.25, -0.2) is 0 Å². The number of carbonyl (C=O) groups is 2. The van der Waals surface area contributed by atoms with Crippen LogP contribution >= 0.6 is 15.9 Å². The van der Waals surface area contributed by atoms with Gasteiger partial charge in [-0.2, -0.15) is 0 Å². The van der Waals surface area contributed by atoms with Gasteiger partial charge >= 0.3 is 5.97 Å². The highest BCUT2D eigenvalue weighted by molar-refractivity contribution is 9.10. The molecule has 0 aliphatic carbocycles. The van der Waals surface area contributed by atoms with Crippen LogP contribution in [0.5, 0.6) is 0 Å². The van der Waals surface area contributed by atoms with Crippen LogP contribution in [0, 0.1) is 0 Å². The maximum atomic E-state index is 12.9. The zero-order valence-electron chi connectivity index (χ0n) is 13.5. The van der Waals surface area contributed by atoms with Crippen LogP contribution in [0.3, 0.4) is 0 Å². The van der Waals surface area contributed by atoms with Crippen LogP contribution in [0.4, 0.5) is 5.69 Å². The van der Waals surface area contributed by atoms with Crippen LogP contribution in [0.1, 0.15) is 5.56 Å². The van der Waals surface area contributed by atoms with Crippen LogP contribution in [0.2, 0.25) is 0 Å². The summed E-state index contributed by atoms with van der Waals surface area (Å²) in [6.45, 7) is -0.0990. The Kier molecular flexibility index (Phi) is 3.84. The second-order valence-electron chi connectivity index (χ2n) is 5.92. The molecule has 3 aromatic rings. The van der Waals surface area contributed by atoms with Crippen molar-refractivity contribution in [2.45, 2.75) is 6.42 Å². The minimum Gasteiger partial charge on any atom is -0.468 e. The van der Waals surface area contributed by atoms with E-state index in [2.05, 4.69) is 20.9 Å². The lowest BCUT2D eigenvalue weighted by Crippen LogP contribution is -2.36. The highest BCUT2D eigenvalue weighted by Gasteiger charge is 2.29. The Morgan fingerprint density at radius 1 is 1.28 bits per heavy atom. The van der Waals surface area contributed by atoms with Crippen LogP contribution in [-0.2, 0) is 20.7 Å². The second-order valence-corrected chi connectivity index (χ2v) is 6.83. The van der Waals surface area contributed by atoms with Crippen molar-refractivity contribution >= 4 is 44.4 Å². The molecule has 2 aromatic carbocycles. The molecule has 0 bridgehead atoms. The molecule has 1 aliphatic rings. The normalized spacial score (nSPS) is 13.4. The van der Waals surface area contributed by atoms with Crippen molar-refractivity contribution in [1.82, 2.24) is 4.98 Å². The van der Waals surface area contributed by atoms with Crippen LogP contribution in [0.15, 0.2) is 46.9 Å². The number of nitrogens with one attached hydrogen (secondary N) is 1. The molecule has 6 heteroatoms. The molecule has 1 amide bonds. The molecular weight excluding hydrogens is 384 g/mol. The first-order valence-corrected chi connectivity index (χ1v) is 8.64. The van der Waals surface area contributed by atoms with E-state index in [1.54, 1.807) is 0 Å². The minimum absolute atomic E-state index is 0.0990. The monoisotopic (exact) mass is 398 g/mol. The molecule has 0 saturated carbocycles. The Labute approximate surface area is 152 Å². The topological polar surface area (TPSA) is 62.4 Å². The summed E-state index contributed by atoms with van der Waals surface area (Å²) in [5, 5.41) is 1.01. The van der Waals surface area contributed by atoms with Gasteiger partial charge in [0.25, 0.3) is 0 Å². The van der Waals surface area contributed by atoms with E-state index in [0.717, 1.165) is 32.2 Å². The number of rotatable bonds is 2. The van der Waals surface area contributed by atoms with Gasteiger partial charge in [0.1, 0.15) is 6.54 Å². The molecule has 0 atom stereocenters. The fourth-order valence-corrected chi connectivity index (χ4v) is 3.66. The Balaban J connectivity index is 1.95. The van der Waals surface area contributed by atoms with Crippen LogP contribution < -0.4 is 4.90 Å². The quantitative estimate of drug-likeness (QED) is 0.669. The molecule has 126 valence electrons. The largest absolute Gasteiger partial charge is 0.468 e. The Bertz CT molecular complexity index is 1010. The molecule has 1 aromatic heterocycles. The van der Waals surface area contributed by atoms with E-state index in [-0.39, 0.29) is 18.9 Å². The third kappa shape index (κ3) is 2.62. The number of methoxy groups -OCH3 is 1. The number of benzene rings is 2. The maximum absolute atomic E-state index is 12.9. The summed E-state index contributed by atoms with van der Waals surface area (Å²) < 4.78 is 5.71. The summed E-state index contributed by atoms with van der Waals surface area (Å²) in [6.07, 6.45) is 0.220. The van der Waals surface area contributed by atoms with Crippen molar-refractivity contribution in [3.05, 3.63) is 52.5 Å². The smallest absolute Gasteiger partial charge is 0.325 e. The summed E-state index contributed by atoms with van der Waals surface area (Å²) in [6, 6.07) is 13.6. The first kappa shape index (κ1) is 15.9. The van der Waals surface area contributed by atoms with Gasteiger partial charge in [0.05, 0.1) is 24.9 Å². The zero-order valence-corrected chi connectivity index (χ0v) is 15.1. The second kappa shape index (κ2) is 6.04. The zero-order chi connectivity index (χ0) is 17.6. The Hall–Kier alpha value is -2.60. The van der Waals surface area contributed by atoms with Gasteiger partial charge < -0.3 is 14.6 Å². The van der Waals surface area contributed by atoms with Crippen molar-refractivity contribution in [1.29, 1.82) is 0 Å². The van der Waals surface area contributed by atoms with E-state index < -0.39 is 5.97 Å². The van der Waals surface area contributed by atoms with Crippen molar-refractivity contribution in [3.63, 3.8) is 0 Å². The lowest BCUT2D eigenvalue weighted by molar-refractivity contribution is -0.140. The Morgan fingerprint density at radius 3 is 2.88 bits per heavy atom. The molecule has 5 nitrogen and oxygen atoms in total. The first-order chi connectivity index (χ1) is 12.1. The number of halogens is 1. The third-order valence-corrected chi connectivity index (χ3v) is 4.97. The minimum atomic E-state index is -0.443. The highest BCUT2D eigenvalue weighted by atomic mass is 79.9. The molecule has 25 heavy (non-hydrogen) atoms. The molecule has 0 unspecified atom stereocenters. The summed E-state index contributed by atoms with van der Waals surface area (Å²) in [7, 11) is 1.32. The van der Waals surface area contributed by atoms with E-state index in [9.17, 15) is 9.59 Å². The van der Waals surface area contributed by atoms with Crippen LogP contribution in [0.25, 0.3) is 22.2 Å². The van der Waals surface area contributed by atoms with Crippen LogP contribution in [-0.4, -0.2) is 30.5 Å². The number of aromatic nitrogens is 1. The molecular formula is C19H15BrN2O3. The number of H-pyrrole nitrogens is 1. The molecule has 0 saturated heterocycles. The summed E-state index contributed by atoms with van der Waals surface area (Å²) in [5.74, 6) is -0.571. The van der Waals surface area contributed by atoms with Gasteiger partial charge in [-0.05, 0) is 29.8 Å². The number of nitrogens with zero attached hydrogens (tertiary/aromatic N) is 1.